The molecular formula is C23H33N5O4. The molecule has 1 aliphatic heterocycles. The molecular weight excluding hydrogens is 410 g/mol. The molecule has 0 saturated carbocycles. The fraction of sp³-hybridized carbons (Fsp3) is 0.522. The summed E-state index contributed by atoms with van der Waals surface area (Å²) in [6.45, 7) is 5.40. The molecule has 1 aromatic heterocycles. The van der Waals surface area contributed by atoms with Crippen molar-refractivity contribution < 1.29 is 9.53 Å². The van der Waals surface area contributed by atoms with Crippen LogP contribution in [0.3, 0.4) is 0 Å². The van der Waals surface area contributed by atoms with E-state index in [2.05, 4.69) is 9.88 Å². The molecule has 1 aromatic carbocycles. The first kappa shape index (κ1) is 23.6. The number of hydrogen-bond acceptors (Lipinski definition) is 6. The van der Waals surface area contributed by atoms with Crippen LogP contribution in [0.2, 0.25) is 0 Å². The maximum Gasteiger partial charge on any atom is 0.330 e. The molecule has 2 heterocycles. The van der Waals surface area contributed by atoms with Crippen molar-refractivity contribution in [3.05, 3.63) is 50.7 Å². The molecule has 3 N–H and O–H groups in total. The summed E-state index contributed by atoms with van der Waals surface area (Å²) in [5.41, 5.74) is 6.18. The van der Waals surface area contributed by atoms with Gasteiger partial charge in [0.2, 0.25) is 5.91 Å². The number of nitrogens with zero attached hydrogens (tertiary/aromatic N) is 3. The molecule has 2 aromatic rings. The highest BCUT2D eigenvalue weighted by atomic mass is 16.5. The molecule has 0 bridgehead atoms. The summed E-state index contributed by atoms with van der Waals surface area (Å²) in [6.07, 6.45) is 3.53. The standard InChI is InChI=1S/C23H33N5O4/c1-4-6-13-28-21(24)20(22(30)25-23(28)31)27(5-2)19(29)15-26-12-8-11-18(26)16-9-7-10-17(14-16)32-3/h7,9-10,14,18H,4-6,8,11-13,15,24H2,1-3H3,(H,25,30,31). The maximum atomic E-state index is 13.3. The Morgan fingerprint density at radius 3 is 2.78 bits per heavy atom. The third kappa shape index (κ3) is 4.88. The van der Waals surface area contributed by atoms with Crippen molar-refractivity contribution in [2.45, 2.75) is 52.1 Å². The lowest BCUT2D eigenvalue weighted by atomic mass is 10.0. The lowest BCUT2D eigenvalue weighted by Crippen LogP contribution is -2.45. The van der Waals surface area contributed by atoms with Crippen molar-refractivity contribution in [1.29, 1.82) is 0 Å². The third-order valence-corrected chi connectivity index (χ3v) is 6.02. The summed E-state index contributed by atoms with van der Waals surface area (Å²) in [6, 6.07) is 7.99. The van der Waals surface area contributed by atoms with Gasteiger partial charge in [0.15, 0.2) is 5.69 Å². The van der Waals surface area contributed by atoms with Crippen LogP contribution in [0.25, 0.3) is 0 Å². The molecule has 1 amide bonds. The lowest BCUT2D eigenvalue weighted by Gasteiger charge is -2.28. The van der Waals surface area contributed by atoms with Crippen molar-refractivity contribution in [3.8, 4) is 5.75 Å². The van der Waals surface area contributed by atoms with Crippen LogP contribution in [0, 0.1) is 0 Å². The summed E-state index contributed by atoms with van der Waals surface area (Å²) in [5.74, 6) is 0.595. The summed E-state index contributed by atoms with van der Waals surface area (Å²) < 4.78 is 6.68. The number of aromatic amines is 1. The Kier molecular flexibility index (Phi) is 7.74. The zero-order chi connectivity index (χ0) is 23.3. The van der Waals surface area contributed by atoms with Crippen LogP contribution in [0.1, 0.15) is 51.1 Å². The number of ether oxygens (including phenoxy) is 1. The number of unbranched alkanes of at least 4 members (excludes halogenated alkanes) is 1. The van der Waals surface area contributed by atoms with Gasteiger partial charge in [-0.1, -0.05) is 25.5 Å². The average molecular weight is 444 g/mol. The Bertz CT molecular complexity index is 1060. The fourth-order valence-corrected chi connectivity index (χ4v) is 4.34. The van der Waals surface area contributed by atoms with Crippen molar-refractivity contribution in [1.82, 2.24) is 14.5 Å². The maximum absolute atomic E-state index is 13.3. The zero-order valence-electron chi connectivity index (χ0n) is 19.1. The van der Waals surface area contributed by atoms with Crippen molar-refractivity contribution in [3.63, 3.8) is 0 Å². The van der Waals surface area contributed by atoms with E-state index >= 15 is 0 Å². The second-order valence-corrected chi connectivity index (χ2v) is 8.04. The third-order valence-electron chi connectivity index (χ3n) is 6.02. The van der Waals surface area contributed by atoms with Gasteiger partial charge < -0.3 is 15.4 Å². The number of nitrogen functional groups attached to an aromatic ring is 1. The molecule has 1 unspecified atom stereocenters. The molecule has 9 heteroatoms. The first-order valence-corrected chi connectivity index (χ1v) is 11.2. The van der Waals surface area contributed by atoms with Crippen LogP contribution in [-0.2, 0) is 11.3 Å². The number of likely N-dealkylation sites (N-methyl/N-ethyl adjacent to an activating group) is 1. The van der Waals surface area contributed by atoms with Gasteiger partial charge in [-0.15, -0.1) is 0 Å². The van der Waals surface area contributed by atoms with E-state index in [9.17, 15) is 14.4 Å². The lowest BCUT2D eigenvalue weighted by molar-refractivity contribution is -0.119. The van der Waals surface area contributed by atoms with Gasteiger partial charge in [0.05, 0.1) is 13.7 Å². The number of carbonyl (C=O) groups is 1. The number of H-pyrrole nitrogens is 1. The Morgan fingerprint density at radius 2 is 2.09 bits per heavy atom. The molecule has 1 fully saturated rings. The van der Waals surface area contributed by atoms with E-state index < -0.39 is 11.2 Å². The summed E-state index contributed by atoms with van der Waals surface area (Å²) >= 11 is 0. The molecule has 3 rings (SSSR count). The van der Waals surface area contributed by atoms with E-state index in [0.717, 1.165) is 43.5 Å². The highest BCUT2D eigenvalue weighted by Gasteiger charge is 2.31. The van der Waals surface area contributed by atoms with Gasteiger partial charge >= 0.3 is 5.69 Å². The van der Waals surface area contributed by atoms with Crippen LogP contribution in [-0.4, -0.2) is 47.1 Å². The Balaban J connectivity index is 1.86. The largest absolute Gasteiger partial charge is 0.497 e. The van der Waals surface area contributed by atoms with Gasteiger partial charge in [0, 0.05) is 19.1 Å². The van der Waals surface area contributed by atoms with Gasteiger partial charge in [-0.3, -0.25) is 24.0 Å². The summed E-state index contributed by atoms with van der Waals surface area (Å²) in [5, 5.41) is 0. The Labute approximate surface area is 187 Å². The van der Waals surface area contributed by atoms with Crippen molar-refractivity contribution in [2.75, 3.05) is 37.4 Å². The molecule has 0 spiro atoms. The van der Waals surface area contributed by atoms with Crippen molar-refractivity contribution in [2.24, 2.45) is 0 Å². The second kappa shape index (κ2) is 10.5. The Hall–Kier alpha value is -3.07. The average Bonchev–Trinajstić information content (AvgIpc) is 3.24. The Morgan fingerprint density at radius 1 is 1.31 bits per heavy atom. The number of nitrogens with two attached hydrogens (primary N) is 1. The first-order chi connectivity index (χ1) is 15.4. The van der Waals surface area contributed by atoms with Gasteiger partial charge in [-0.25, -0.2) is 4.79 Å². The number of carbonyl (C=O) groups excluding carboxylic acids is 1. The van der Waals surface area contributed by atoms with Crippen LogP contribution >= 0.6 is 0 Å². The van der Waals surface area contributed by atoms with Crippen LogP contribution in [0.5, 0.6) is 5.75 Å². The quantitative estimate of drug-likeness (QED) is 0.614. The van der Waals surface area contributed by atoms with E-state index in [1.54, 1.807) is 14.0 Å². The van der Waals surface area contributed by atoms with E-state index in [0.29, 0.717) is 6.54 Å². The fourth-order valence-electron chi connectivity index (χ4n) is 4.34. The number of amides is 1. The molecule has 1 saturated heterocycles. The van der Waals surface area contributed by atoms with Crippen LogP contribution in [0.15, 0.2) is 33.9 Å². The minimum Gasteiger partial charge on any atom is -0.497 e. The monoisotopic (exact) mass is 443 g/mol. The number of hydrogen-bond donors (Lipinski definition) is 2. The van der Waals surface area contributed by atoms with Gasteiger partial charge in [-0.05, 0) is 50.4 Å². The van der Waals surface area contributed by atoms with Crippen molar-refractivity contribution >= 4 is 17.4 Å². The number of methoxy groups -OCH3 is 1. The number of nitrogens with one attached hydrogen (secondary N) is 1. The smallest absolute Gasteiger partial charge is 0.330 e. The highest BCUT2D eigenvalue weighted by molar-refractivity contribution is 5.96. The molecule has 0 radical (unpaired) electrons. The number of likely N-dealkylation sites (tertiary alicyclic amines) is 1. The molecule has 1 aliphatic rings. The van der Waals surface area contributed by atoms with Gasteiger partial charge in [-0.2, -0.15) is 0 Å². The highest BCUT2D eigenvalue weighted by Crippen LogP contribution is 2.33. The molecule has 9 nitrogen and oxygen atoms in total. The van der Waals surface area contributed by atoms with E-state index in [1.807, 2.05) is 31.2 Å². The van der Waals surface area contributed by atoms with Gasteiger partial charge in [0.1, 0.15) is 11.6 Å². The van der Waals surface area contributed by atoms with E-state index in [4.69, 9.17) is 10.5 Å². The zero-order valence-corrected chi connectivity index (χ0v) is 19.1. The summed E-state index contributed by atoms with van der Waals surface area (Å²) in [4.78, 5) is 44.0. The predicted molar refractivity (Wildman–Crippen MR) is 125 cm³/mol. The number of aromatic nitrogens is 2. The van der Waals surface area contributed by atoms with E-state index in [1.165, 1.54) is 9.47 Å². The predicted octanol–water partition coefficient (Wildman–Crippen LogP) is 2.12. The number of rotatable bonds is 9. The second-order valence-electron chi connectivity index (χ2n) is 8.04. The SMILES string of the molecule is CCCCn1c(N)c(N(CC)C(=O)CN2CCCC2c2cccc(OC)c2)c(=O)[nH]c1=O. The summed E-state index contributed by atoms with van der Waals surface area (Å²) in [7, 11) is 1.63. The van der Waals surface area contributed by atoms with E-state index in [-0.39, 0.29) is 36.5 Å². The van der Waals surface area contributed by atoms with Crippen LogP contribution in [0.4, 0.5) is 11.5 Å². The molecule has 174 valence electrons. The molecule has 32 heavy (non-hydrogen) atoms. The number of anilines is 2. The normalized spacial score (nSPS) is 16.3. The minimum atomic E-state index is -0.638. The van der Waals surface area contributed by atoms with Gasteiger partial charge in [0.25, 0.3) is 5.56 Å². The topological polar surface area (TPSA) is 114 Å². The first-order valence-electron chi connectivity index (χ1n) is 11.2. The number of benzene rings is 1. The minimum absolute atomic E-state index is 0.0353. The van der Waals surface area contributed by atoms with Crippen LogP contribution < -0.4 is 26.6 Å². The molecule has 1 atom stereocenters. The molecule has 0 aliphatic carbocycles.